The molecule has 12 heteroatoms. The largest absolute Gasteiger partial charge is 0.508 e. The van der Waals surface area contributed by atoms with E-state index in [1.807, 2.05) is 4.90 Å². The van der Waals surface area contributed by atoms with E-state index in [4.69, 9.17) is 26.1 Å². The Hall–Kier alpha value is -4.34. The van der Waals surface area contributed by atoms with Gasteiger partial charge in [0.2, 0.25) is 0 Å². The van der Waals surface area contributed by atoms with Gasteiger partial charge in [0.15, 0.2) is 5.83 Å². The molecule has 2 N–H and O–H groups in total. The van der Waals surface area contributed by atoms with Crippen molar-refractivity contribution in [3.8, 4) is 24.1 Å². The van der Waals surface area contributed by atoms with E-state index in [0.29, 0.717) is 77.4 Å². The van der Waals surface area contributed by atoms with Gasteiger partial charge >= 0.3 is 6.01 Å². The Kier molecular flexibility index (Phi) is 6.28. The number of anilines is 1. The maximum Gasteiger partial charge on any atom is 0.319 e. The van der Waals surface area contributed by atoms with Gasteiger partial charge in [-0.1, -0.05) is 0 Å². The molecule has 8 heterocycles. The van der Waals surface area contributed by atoms with Gasteiger partial charge in [0.25, 0.3) is 0 Å². The Morgan fingerprint density at radius 2 is 2.00 bits per heavy atom. The van der Waals surface area contributed by atoms with Crippen molar-refractivity contribution in [1.29, 1.82) is 0 Å². The van der Waals surface area contributed by atoms with E-state index in [1.54, 1.807) is 18.3 Å². The molecule has 236 valence electrons. The van der Waals surface area contributed by atoms with Gasteiger partial charge in [0.05, 0.1) is 23.3 Å². The van der Waals surface area contributed by atoms with E-state index in [2.05, 4.69) is 26.0 Å². The number of phenolic OH excluding ortho intramolecular Hbond substituents is 1. The predicted octanol–water partition coefficient (Wildman–Crippen LogP) is 3.48. The summed E-state index contributed by atoms with van der Waals surface area (Å²) in [5.41, 5.74) is 1.22. The van der Waals surface area contributed by atoms with Crippen molar-refractivity contribution in [2.75, 3.05) is 50.8 Å². The molecule has 0 unspecified atom stereocenters. The van der Waals surface area contributed by atoms with Crippen molar-refractivity contribution in [3.63, 3.8) is 0 Å². The monoisotopic (exact) mass is 624 g/mol. The molecule has 4 fully saturated rings. The van der Waals surface area contributed by atoms with Gasteiger partial charge in [0.1, 0.15) is 41.6 Å². The second-order valence-corrected chi connectivity index (χ2v) is 13.4. The van der Waals surface area contributed by atoms with E-state index < -0.39 is 17.5 Å². The van der Waals surface area contributed by atoms with E-state index in [9.17, 15) is 9.50 Å². The van der Waals surface area contributed by atoms with Crippen LogP contribution in [-0.2, 0) is 0 Å². The number of fused-ring (bicyclic) bond motifs is 7. The second kappa shape index (κ2) is 10.3. The number of nitrogens with zero attached hydrogens (tertiary/aromatic N) is 7. The lowest BCUT2D eigenvalue weighted by molar-refractivity contribution is 0.107. The molecule has 6 aliphatic heterocycles. The number of phenols is 1. The summed E-state index contributed by atoms with van der Waals surface area (Å²) in [5, 5.41) is 15.6. The standard InChI is InChI=1S/C34H34F2N8O2/c1-2-25-26-19(6-8-37-25)12-23(45)13-24(26)30-28(36)29-27(31-38-9-11-44(30)31)32(42-16-21-4-5-22(17-42)39-21)41-33(40-29)46-18-34-7-3-10-43(34)15-20(35)14-34/h1,6,8,12-13,20-22,39,45H,3-5,7,9-11,14-18H2/t20-,21-,22+,34+/m1/s1. The topological polar surface area (TPSA) is 102 Å². The van der Waals surface area contributed by atoms with Crippen molar-refractivity contribution in [2.24, 2.45) is 4.99 Å². The van der Waals surface area contributed by atoms with Crippen LogP contribution in [0.1, 0.15) is 54.6 Å². The minimum atomic E-state index is -0.894. The number of rotatable bonds is 5. The molecule has 0 spiro atoms. The highest BCUT2D eigenvalue weighted by Crippen LogP contribution is 2.46. The van der Waals surface area contributed by atoms with Crippen LogP contribution in [0.5, 0.6) is 11.8 Å². The number of pyridine rings is 1. The number of amidine groups is 1. The highest BCUT2D eigenvalue weighted by molar-refractivity contribution is 6.18. The fourth-order valence-electron chi connectivity index (χ4n) is 8.67. The first-order chi connectivity index (χ1) is 22.4. The molecule has 1 aromatic carbocycles. The first kappa shape index (κ1) is 27.9. The molecule has 0 amide bonds. The Balaban J connectivity index is 1.22. The number of aromatic hydroxyl groups is 1. The van der Waals surface area contributed by atoms with Crippen molar-refractivity contribution in [2.45, 2.75) is 55.9 Å². The number of alkyl halides is 1. The quantitative estimate of drug-likeness (QED) is 0.414. The molecule has 4 atom stereocenters. The highest BCUT2D eigenvalue weighted by Gasteiger charge is 2.50. The summed E-state index contributed by atoms with van der Waals surface area (Å²) in [4.78, 5) is 25.2. The molecule has 4 saturated heterocycles. The zero-order valence-corrected chi connectivity index (χ0v) is 25.3. The lowest BCUT2D eigenvalue weighted by Gasteiger charge is -2.37. The number of piperazine rings is 1. The molecule has 46 heavy (non-hydrogen) atoms. The number of aliphatic imine (C=N–C) groups is 1. The molecule has 6 aliphatic rings. The third-order valence-corrected chi connectivity index (χ3v) is 10.6. The van der Waals surface area contributed by atoms with Crippen LogP contribution in [0, 0.1) is 12.3 Å². The molecule has 0 saturated carbocycles. The molecule has 2 bridgehead atoms. The molecule has 2 aromatic heterocycles. The van der Waals surface area contributed by atoms with Gasteiger partial charge in [-0.15, -0.1) is 6.42 Å². The van der Waals surface area contributed by atoms with E-state index in [1.165, 1.54) is 6.07 Å². The SMILES string of the molecule is C#Cc1nccc2cc(O)cc(C3=C(F)c4nc(OC[C@@]56CCCN5C[C@H](F)C6)nc(N5C[C@H]6CC[C@@H](C5)N6)c4C4=NCCN43)c12. The van der Waals surface area contributed by atoms with Gasteiger partial charge < -0.3 is 25.0 Å². The molecule has 0 aliphatic carbocycles. The molecule has 3 aromatic rings. The van der Waals surface area contributed by atoms with E-state index >= 15 is 4.39 Å². The summed E-state index contributed by atoms with van der Waals surface area (Å²) in [6.45, 7) is 3.82. The van der Waals surface area contributed by atoms with Crippen LogP contribution in [0.3, 0.4) is 0 Å². The number of ether oxygens (including phenoxy) is 1. The van der Waals surface area contributed by atoms with Crippen molar-refractivity contribution in [3.05, 3.63) is 46.9 Å². The Morgan fingerprint density at radius 1 is 1.15 bits per heavy atom. The Morgan fingerprint density at radius 3 is 2.83 bits per heavy atom. The number of aromatic nitrogens is 3. The molecular weight excluding hydrogens is 590 g/mol. The number of benzene rings is 1. The first-order valence-corrected chi connectivity index (χ1v) is 16.2. The van der Waals surface area contributed by atoms with Crippen LogP contribution >= 0.6 is 0 Å². The molecule has 9 rings (SSSR count). The maximum atomic E-state index is 17.4. The zero-order valence-electron chi connectivity index (χ0n) is 25.3. The zero-order chi connectivity index (χ0) is 31.2. The van der Waals surface area contributed by atoms with Gasteiger partial charge in [-0.2, -0.15) is 9.97 Å². The Bertz CT molecular complexity index is 1880. The highest BCUT2D eigenvalue weighted by atomic mass is 19.1. The van der Waals surface area contributed by atoms with Crippen molar-refractivity contribution >= 4 is 33.9 Å². The van der Waals surface area contributed by atoms with E-state index in [-0.39, 0.29) is 29.8 Å². The van der Waals surface area contributed by atoms with Crippen molar-refractivity contribution < 1.29 is 18.6 Å². The van der Waals surface area contributed by atoms with Gasteiger partial charge in [-0.05, 0) is 61.7 Å². The van der Waals surface area contributed by atoms with Crippen LogP contribution in [0.2, 0.25) is 0 Å². The number of hydrogen-bond donors (Lipinski definition) is 2. The Labute approximate surface area is 265 Å². The van der Waals surface area contributed by atoms with Gasteiger partial charge in [-0.3, -0.25) is 9.89 Å². The third kappa shape index (κ3) is 4.21. The van der Waals surface area contributed by atoms with Crippen LogP contribution in [0.25, 0.3) is 22.3 Å². The molecular formula is C34H34F2N8O2. The average molecular weight is 625 g/mol. The van der Waals surface area contributed by atoms with Crippen LogP contribution in [-0.4, -0.2) is 105 Å². The smallest absolute Gasteiger partial charge is 0.319 e. The van der Waals surface area contributed by atoms with Gasteiger partial charge in [0, 0.05) is 61.8 Å². The van der Waals surface area contributed by atoms with Crippen LogP contribution < -0.4 is 15.0 Å². The summed E-state index contributed by atoms with van der Waals surface area (Å²) >= 11 is 0. The molecule has 10 nitrogen and oxygen atoms in total. The summed E-state index contributed by atoms with van der Waals surface area (Å²) < 4.78 is 38.2. The summed E-state index contributed by atoms with van der Waals surface area (Å²) in [5.74, 6) is 3.21. The van der Waals surface area contributed by atoms with Gasteiger partial charge in [-0.25, -0.2) is 13.8 Å². The number of nitrogens with one attached hydrogen (secondary N) is 1. The van der Waals surface area contributed by atoms with Crippen molar-refractivity contribution in [1.82, 2.24) is 30.1 Å². The summed E-state index contributed by atoms with van der Waals surface area (Å²) in [6.07, 6.45) is 10.9. The first-order valence-electron chi connectivity index (χ1n) is 16.2. The maximum absolute atomic E-state index is 17.4. The lowest BCUT2D eigenvalue weighted by Crippen LogP contribution is -2.52. The van der Waals surface area contributed by atoms with E-state index in [0.717, 1.165) is 45.3 Å². The predicted molar refractivity (Wildman–Crippen MR) is 170 cm³/mol. The minimum absolute atomic E-state index is 0.0211. The average Bonchev–Trinajstić information content (AvgIpc) is 3.82. The second-order valence-electron chi connectivity index (χ2n) is 13.4. The fraction of sp³-hybridized carbons (Fsp3) is 0.471. The number of hydrogen-bond acceptors (Lipinski definition) is 10. The number of halogens is 2. The van der Waals surface area contributed by atoms with Crippen LogP contribution in [0.15, 0.2) is 29.4 Å². The number of terminal acetylenes is 1. The summed E-state index contributed by atoms with van der Waals surface area (Å²) in [7, 11) is 0. The lowest BCUT2D eigenvalue weighted by atomic mass is 9.94. The third-order valence-electron chi connectivity index (χ3n) is 10.6. The summed E-state index contributed by atoms with van der Waals surface area (Å²) in [6, 6.07) is 5.56. The minimum Gasteiger partial charge on any atom is -0.508 e. The molecule has 0 radical (unpaired) electrons. The fourth-order valence-corrected chi connectivity index (χ4v) is 8.67. The van der Waals surface area contributed by atoms with Crippen LogP contribution in [0.4, 0.5) is 14.6 Å². The normalized spacial score (nSPS) is 28.4.